The van der Waals surface area contributed by atoms with Crippen LogP contribution in [-0.4, -0.2) is 32.0 Å². The second-order valence-electron chi connectivity index (χ2n) is 4.40. The summed E-state index contributed by atoms with van der Waals surface area (Å²) in [6.45, 7) is 0.632. The minimum absolute atomic E-state index is 0.102. The van der Waals surface area contributed by atoms with E-state index < -0.39 is 17.0 Å². The van der Waals surface area contributed by atoms with E-state index in [0.29, 0.717) is 18.8 Å². The smallest absolute Gasteiger partial charge is 0.130 e. The first kappa shape index (κ1) is 12.4. The molecule has 0 spiro atoms. The van der Waals surface area contributed by atoms with E-state index in [1.165, 1.54) is 12.1 Å². The zero-order chi connectivity index (χ0) is 12.5. The Balaban J connectivity index is 2.35. The van der Waals surface area contributed by atoms with Crippen molar-refractivity contribution in [2.24, 2.45) is 5.41 Å². The molecule has 0 aromatic heterocycles. The molecule has 1 heterocycles. The first-order valence-corrected chi connectivity index (χ1v) is 5.44. The van der Waals surface area contributed by atoms with Gasteiger partial charge in [-0.1, -0.05) is 6.07 Å². The van der Waals surface area contributed by atoms with E-state index in [1.807, 2.05) is 0 Å². The van der Waals surface area contributed by atoms with Gasteiger partial charge in [0.25, 0.3) is 0 Å². The lowest BCUT2D eigenvalue weighted by Crippen LogP contribution is -2.53. The number of nitrogens with one attached hydrogen (secondary N) is 1. The third-order valence-electron chi connectivity index (χ3n) is 3.27. The van der Waals surface area contributed by atoms with Crippen molar-refractivity contribution in [3.05, 3.63) is 35.4 Å². The van der Waals surface area contributed by atoms with Gasteiger partial charge in [0.15, 0.2) is 0 Å². The summed E-state index contributed by atoms with van der Waals surface area (Å²) in [7, 11) is 1.68. The van der Waals surface area contributed by atoms with Crippen molar-refractivity contribution in [3.63, 3.8) is 0 Å². The Hall–Kier alpha value is -1.04. The monoisotopic (exact) mass is 243 g/mol. The number of rotatable bonds is 4. The van der Waals surface area contributed by atoms with Gasteiger partial charge >= 0.3 is 0 Å². The molecule has 0 bridgehead atoms. The van der Waals surface area contributed by atoms with Gasteiger partial charge in [-0.3, -0.25) is 0 Å². The Morgan fingerprint density at radius 2 is 2.18 bits per heavy atom. The molecule has 1 saturated heterocycles. The van der Waals surface area contributed by atoms with Gasteiger partial charge in [-0.25, -0.2) is 8.78 Å². The van der Waals surface area contributed by atoms with Crippen LogP contribution in [0.3, 0.4) is 0 Å². The fourth-order valence-corrected chi connectivity index (χ4v) is 2.24. The Morgan fingerprint density at radius 1 is 1.47 bits per heavy atom. The van der Waals surface area contributed by atoms with Crippen molar-refractivity contribution < 1.29 is 18.6 Å². The van der Waals surface area contributed by atoms with Crippen LogP contribution in [0.1, 0.15) is 11.6 Å². The summed E-state index contributed by atoms with van der Waals surface area (Å²) in [6, 6.07) is 3.08. The molecule has 1 aromatic rings. The lowest BCUT2D eigenvalue weighted by atomic mass is 9.75. The van der Waals surface area contributed by atoms with Gasteiger partial charge in [-0.05, 0) is 13.1 Å². The third kappa shape index (κ3) is 2.06. The number of ether oxygens (including phenoxy) is 1. The molecular weight excluding hydrogens is 228 g/mol. The van der Waals surface area contributed by atoms with Crippen LogP contribution in [0, 0.1) is 17.0 Å². The quantitative estimate of drug-likeness (QED) is 0.836. The predicted octanol–water partition coefficient (Wildman–Crippen LogP) is 1.23. The van der Waals surface area contributed by atoms with Crippen molar-refractivity contribution in [2.45, 2.75) is 6.04 Å². The molecule has 1 atom stereocenters. The van der Waals surface area contributed by atoms with Crippen molar-refractivity contribution in [2.75, 3.05) is 26.9 Å². The zero-order valence-corrected chi connectivity index (χ0v) is 9.54. The summed E-state index contributed by atoms with van der Waals surface area (Å²) >= 11 is 0. The highest BCUT2D eigenvalue weighted by Crippen LogP contribution is 2.40. The second-order valence-corrected chi connectivity index (χ2v) is 4.40. The van der Waals surface area contributed by atoms with E-state index in [4.69, 9.17) is 4.74 Å². The van der Waals surface area contributed by atoms with E-state index in [0.717, 1.165) is 6.07 Å². The van der Waals surface area contributed by atoms with Crippen LogP contribution >= 0.6 is 0 Å². The van der Waals surface area contributed by atoms with Crippen LogP contribution in [-0.2, 0) is 4.74 Å². The molecule has 1 aliphatic heterocycles. The molecule has 1 aromatic carbocycles. The molecule has 2 rings (SSSR count). The molecule has 3 nitrogen and oxygen atoms in total. The predicted molar refractivity (Wildman–Crippen MR) is 58.5 cm³/mol. The maximum atomic E-state index is 13.7. The Bertz CT molecular complexity index is 402. The zero-order valence-electron chi connectivity index (χ0n) is 9.54. The number of aliphatic hydroxyl groups is 1. The summed E-state index contributed by atoms with van der Waals surface area (Å²) in [5.74, 6) is -1.21. The van der Waals surface area contributed by atoms with Crippen molar-refractivity contribution >= 4 is 0 Å². The largest absolute Gasteiger partial charge is 0.396 e. The molecule has 1 unspecified atom stereocenters. The van der Waals surface area contributed by atoms with E-state index in [2.05, 4.69) is 5.32 Å². The molecule has 0 aliphatic carbocycles. The van der Waals surface area contributed by atoms with Crippen LogP contribution in [0.5, 0.6) is 0 Å². The summed E-state index contributed by atoms with van der Waals surface area (Å²) in [6.07, 6.45) is 0. The minimum Gasteiger partial charge on any atom is -0.396 e. The summed E-state index contributed by atoms with van der Waals surface area (Å²) in [5, 5.41) is 12.4. The fourth-order valence-electron chi connectivity index (χ4n) is 2.24. The van der Waals surface area contributed by atoms with Gasteiger partial charge in [0.1, 0.15) is 11.6 Å². The molecule has 0 amide bonds. The van der Waals surface area contributed by atoms with Crippen molar-refractivity contribution in [1.29, 1.82) is 0 Å². The topological polar surface area (TPSA) is 41.5 Å². The standard InChI is InChI=1S/C12H15F2NO2/c1-15-11(12(5-16)6-17-7-12)9-3-2-8(13)4-10(9)14/h2-4,11,15-16H,5-7H2,1H3. The van der Waals surface area contributed by atoms with Gasteiger partial charge in [-0.15, -0.1) is 0 Å². The van der Waals surface area contributed by atoms with Crippen molar-refractivity contribution in [1.82, 2.24) is 5.32 Å². The summed E-state index contributed by atoms with van der Waals surface area (Å²) < 4.78 is 31.7. The van der Waals surface area contributed by atoms with E-state index in [-0.39, 0.29) is 12.6 Å². The van der Waals surface area contributed by atoms with Gasteiger partial charge < -0.3 is 15.2 Å². The Labute approximate surface area is 98.4 Å². The maximum absolute atomic E-state index is 13.7. The molecule has 17 heavy (non-hydrogen) atoms. The maximum Gasteiger partial charge on any atom is 0.130 e. The van der Waals surface area contributed by atoms with Gasteiger partial charge in [0, 0.05) is 17.7 Å². The molecule has 1 aliphatic rings. The van der Waals surface area contributed by atoms with Crippen LogP contribution < -0.4 is 5.32 Å². The minimum atomic E-state index is -0.607. The third-order valence-corrected chi connectivity index (χ3v) is 3.27. The highest BCUT2D eigenvalue weighted by molar-refractivity contribution is 5.25. The lowest BCUT2D eigenvalue weighted by molar-refractivity contribution is -0.155. The Morgan fingerprint density at radius 3 is 2.59 bits per heavy atom. The van der Waals surface area contributed by atoms with E-state index in [9.17, 15) is 13.9 Å². The molecule has 2 N–H and O–H groups in total. The van der Waals surface area contributed by atoms with E-state index >= 15 is 0 Å². The summed E-state index contributed by atoms with van der Waals surface area (Å²) in [5.41, 5.74) is -0.167. The van der Waals surface area contributed by atoms with Crippen LogP contribution in [0.15, 0.2) is 18.2 Å². The lowest BCUT2D eigenvalue weighted by Gasteiger charge is -2.46. The average Bonchev–Trinajstić information content (AvgIpc) is 2.24. The number of hydrogen-bond donors (Lipinski definition) is 2. The second kappa shape index (κ2) is 4.68. The molecule has 0 radical (unpaired) electrons. The van der Waals surface area contributed by atoms with Crippen molar-refractivity contribution in [3.8, 4) is 0 Å². The normalized spacial score (nSPS) is 19.8. The molecular formula is C12H15F2NO2. The highest BCUT2D eigenvalue weighted by atomic mass is 19.1. The highest BCUT2D eigenvalue weighted by Gasteiger charge is 2.46. The number of benzene rings is 1. The first-order chi connectivity index (χ1) is 8.13. The number of hydrogen-bond acceptors (Lipinski definition) is 3. The van der Waals surface area contributed by atoms with Gasteiger partial charge in [-0.2, -0.15) is 0 Å². The number of aliphatic hydroxyl groups excluding tert-OH is 1. The average molecular weight is 243 g/mol. The van der Waals surface area contributed by atoms with Crippen LogP contribution in [0.4, 0.5) is 8.78 Å². The molecule has 1 fully saturated rings. The molecule has 5 heteroatoms. The van der Waals surface area contributed by atoms with Crippen LogP contribution in [0.2, 0.25) is 0 Å². The first-order valence-electron chi connectivity index (χ1n) is 5.44. The van der Waals surface area contributed by atoms with Gasteiger partial charge in [0.2, 0.25) is 0 Å². The SMILES string of the molecule is CNC(c1ccc(F)cc1F)C1(CO)COC1. The molecule has 94 valence electrons. The van der Waals surface area contributed by atoms with Crippen LogP contribution in [0.25, 0.3) is 0 Å². The van der Waals surface area contributed by atoms with E-state index in [1.54, 1.807) is 7.05 Å². The van der Waals surface area contributed by atoms with Gasteiger partial charge in [0.05, 0.1) is 25.2 Å². The summed E-state index contributed by atoms with van der Waals surface area (Å²) in [4.78, 5) is 0. The Kier molecular flexibility index (Phi) is 3.42. The molecule has 0 saturated carbocycles. The fraction of sp³-hybridized carbons (Fsp3) is 0.500. The number of halogens is 2.